The lowest BCUT2D eigenvalue weighted by atomic mass is 9.93. The van der Waals surface area contributed by atoms with Gasteiger partial charge in [0.25, 0.3) is 0 Å². The highest BCUT2D eigenvalue weighted by Crippen LogP contribution is 2.32. The molecule has 2 rings (SSSR count). The van der Waals surface area contributed by atoms with Crippen LogP contribution in [0.3, 0.4) is 0 Å². The second-order valence-electron chi connectivity index (χ2n) is 4.15. The first-order valence-corrected chi connectivity index (χ1v) is 5.96. The molecule has 1 unspecified atom stereocenters. The predicted molar refractivity (Wildman–Crippen MR) is 74.5 cm³/mol. The normalized spacial score (nSPS) is 21.1. The van der Waals surface area contributed by atoms with E-state index in [-0.39, 0.29) is 6.04 Å². The fraction of sp³-hybridized carbons (Fsp3) is 0.417. The highest BCUT2D eigenvalue weighted by atomic mass is 15.3. The first kappa shape index (κ1) is 12.3. The number of nitrogens with two attached hydrogens (primary N) is 1. The highest BCUT2D eigenvalue weighted by Gasteiger charge is 2.33. The molecule has 0 saturated carbocycles. The van der Waals surface area contributed by atoms with Crippen LogP contribution in [0.5, 0.6) is 0 Å². The third-order valence-corrected chi connectivity index (χ3v) is 3.20. The number of fused-ring (bicyclic) bond motifs is 1. The SMILES string of the molecule is CCN1c2c(ccnc2N)C(=N)/C(=N\NC)C1C. The molecule has 2 heterocycles. The van der Waals surface area contributed by atoms with Gasteiger partial charge in [-0.1, -0.05) is 0 Å². The number of nitrogens with zero attached hydrogens (tertiary/aromatic N) is 3. The molecular weight excluding hydrogens is 228 g/mol. The Balaban J connectivity index is 2.64. The molecule has 0 amide bonds. The Morgan fingerprint density at radius 3 is 2.94 bits per heavy atom. The summed E-state index contributed by atoms with van der Waals surface area (Å²) >= 11 is 0. The lowest BCUT2D eigenvalue weighted by Crippen LogP contribution is -2.48. The third-order valence-electron chi connectivity index (χ3n) is 3.20. The van der Waals surface area contributed by atoms with Crippen molar-refractivity contribution in [2.45, 2.75) is 19.9 Å². The van der Waals surface area contributed by atoms with Crippen LogP contribution in [0.2, 0.25) is 0 Å². The molecule has 0 fully saturated rings. The largest absolute Gasteiger partial charge is 0.382 e. The smallest absolute Gasteiger partial charge is 0.147 e. The van der Waals surface area contributed by atoms with E-state index in [1.165, 1.54) is 0 Å². The molecule has 0 aromatic carbocycles. The van der Waals surface area contributed by atoms with Gasteiger partial charge in [-0.15, -0.1) is 0 Å². The average Bonchev–Trinajstić information content (AvgIpc) is 2.36. The summed E-state index contributed by atoms with van der Waals surface area (Å²) < 4.78 is 0. The van der Waals surface area contributed by atoms with E-state index in [1.807, 2.05) is 13.0 Å². The Morgan fingerprint density at radius 2 is 2.33 bits per heavy atom. The van der Waals surface area contributed by atoms with E-state index in [4.69, 9.17) is 11.1 Å². The van der Waals surface area contributed by atoms with Gasteiger partial charge in [-0.25, -0.2) is 4.98 Å². The molecule has 0 spiro atoms. The van der Waals surface area contributed by atoms with Crippen LogP contribution in [0.15, 0.2) is 17.4 Å². The monoisotopic (exact) mass is 246 g/mol. The molecule has 1 atom stereocenters. The maximum atomic E-state index is 8.24. The highest BCUT2D eigenvalue weighted by molar-refractivity contribution is 6.51. The van der Waals surface area contributed by atoms with Gasteiger partial charge in [-0.05, 0) is 19.9 Å². The number of hydrogen-bond donors (Lipinski definition) is 3. The Hall–Kier alpha value is -2.11. The van der Waals surface area contributed by atoms with Gasteiger partial charge >= 0.3 is 0 Å². The van der Waals surface area contributed by atoms with E-state index in [0.29, 0.717) is 11.5 Å². The minimum atomic E-state index is 0.00829. The Morgan fingerprint density at radius 1 is 1.61 bits per heavy atom. The molecule has 1 aliphatic heterocycles. The summed E-state index contributed by atoms with van der Waals surface area (Å²) in [6.07, 6.45) is 1.63. The lowest BCUT2D eigenvalue weighted by molar-refractivity contribution is 0.768. The van der Waals surface area contributed by atoms with Crippen molar-refractivity contribution in [3.63, 3.8) is 0 Å². The van der Waals surface area contributed by atoms with E-state index in [0.717, 1.165) is 23.5 Å². The van der Waals surface area contributed by atoms with Gasteiger partial charge in [0, 0.05) is 25.4 Å². The molecule has 6 nitrogen and oxygen atoms in total. The average molecular weight is 246 g/mol. The number of hydrogen-bond acceptors (Lipinski definition) is 6. The molecule has 18 heavy (non-hydrogen) atoms. The first-order valence-electron chi connectivity index (χ1n) is 5.96. The number of hydrazone groups is 1. The van der Waals surface area contributed by atoms with Crippen LogP contribution in [0, 0.1) is 5.41 Å². The zero-order valence-corrected chi connectivity index (χ0v) is 10.9. The van der Waals surface area contributed by atoms with Crippen LogP contribution in [0.1, 0.15) is 19.4 Å². The van der Waals surface area contributed by atoms with Crippen molar-refractivity contribution in [2.75, 3.05) is 24.2 Å². The van der Waals surface area contributed by atoms with Gasteiger partial charge in [0.2, 0.25) is 0 Å². The quantitative estimate of drug-likeness (QED) is 0.674. The standard InChI is InChI=1S/C12H18N6/c1-4-18-7(2)10(17-15-3)9(13)8-5-6-16-12(14)11(8)18/h5-7,13,15H,4H2,1-3H3,(H2,14,16)/b13-9?,17-10-. The number of rotatable bonds is 2. The molecule has 1 aromatic heterocycles. The van der Waals surface area contributed by atoms with Crippen molar-refractivity contribution >= 4 is 22.9 Å². The van der Waals surface area contributed by atoms with Crippen LogP contribution < -0.4 is 16.1 Å². The number of anilines is 2. The molecule has 1 aliphatic rings. The zero-order valence-electron chi connectivity index (χ0n) is 10.9. The minimum Gasteiger partial charge on any atom is -0.382 e. The summed E-state index contributed by atoms with van der Waals surface area (Å²) in [7, 11) is 1.74. The van der Waals surface area contributed by atoms with E-state index in [2.05, 4.69) is 27.3 Å². The van der Waals surface area contributed by atoms with Crippen LogP contribution in [-0.4, -0.2) is 36.0 Å². The van der Waals surface area contributed by atoms with Crippen LogP contribution >= 0.6 is 0 Å². The number of pyridine rings is 1. The Bertz CT molecular complexity index is 507. The molecule has 0 radical (unpaired) electrons. The van der Waals surface area contributed by atoms with E-state index in [1.54, 1.807) is 13.2 Å². The topological polar surface area (TPSA) is 90.4 Å². The summed E-state index contributed by atoms with van der Waals surface area (Å²) in [5, 5.41) is 12.5. The van der Waals surface area contributed by atoms with Crippen LogP contribution in [0.4, 0.5) is 11.5 Å². The van der Waals surface area contributed by atoms with Gasteiger partial charge in [-0.3, -0.25) is 5.41 Å². The van der Waals surface area contributed by atoms with Gasteiger partial charge in [0.15, 0.2) is 0 Å². The number of nitrogens with one attached hydrogen (secondary N) is 2. The van der Waals surface area contributed by atoms with Crippen molar-refractivity contribution < 1.29 is 0 Å². The third kappa shape index (κ3) is 1.70. The number of aromatic nitrogens is 1. The fourth-order valence-corrected chi connectivity index (χ4v) is 2.36. The van der Waals surface area contributed by atoms with Crippen molar-refractivity contribution in [1.29, 1.82) is 5.41 Å². The zero-order chi connectivity index (χ0) is 13.3. The van der Waals surface area contributed by atoms with Crippen LogP contribution in [-0.2, 0) is 0 Å². The molecule has 0 saturated heterocycles. The lowest BCUT2D eigenvalue weighted by Gasteiger charge is -2.37. The molecular formula is C12H18N6. The summed E-state index contributed by atoms with van der Waals surface area (Å²) in [5.74, 6) is 0.467. The summed E-state index contributed by atoms with van der Waals surface area (Å²) in [5.41, 5.74) is 11.5. The maximum Gasteiger partial charge on any atom is 0.147 e. The molecule has 4 N–H and O–H groups in total. The van der Waals surface area contributed by atoms with Crippen molar-refractivity contribution in [3.05, 3.63) is 17.8 Å². The fourth-order valence-electron chi connectivity index (χ4n) is 2.36. The first-order chi connectivity index (χ1) is 8.61. The van der Waals surface area contributed by atoms with Crippen molar-refractivity contribution in [2.24, 2.45) is 5.10 Å². The molecule has 6 heteroatoms. The van der Waals surface area contributed by atoms with E-state index >= 15 is 0 Å². The van der Waals surface area contributed by atoms with E-state index in [9.17, 15) is 0 Å². The summed E-state index contributed by atoms with van der Waals surface area (Å²) in [6.45, 7) is 4.86. The van der Waals surface area contributed by atoms with Gasteiger partial charge in [0.05, 0.1) is 17.4 Å². The van der Waals surface area contributed by atoms with Crippen molar-refractivity contribution in [1.82, 2.24) is 10.4 Å². The van der Waals surface area contributed by atoms with Gasteiger partial charge < -0.3 is 16.1 Å². The Labute approximate surface area is 106 Å². The molecule has 1 aromatic rings. The van der Waals surface area contributed by atoms with Crippen LogP contribution in [0.25, 0.3) is 0 Å². The summed E-state index contributed by atoms with van der Waals surface area (Å²) in [4.78, 5) is 6.23. The second-order valence-corrected chi connectivity index (χ2v) is 4.15. The number of nitrogen functional groups attached to an aromatic ring is 1. The second kappa shape index (κ2) is 4.64. The summed E-state index contributed by atoms with van der Waals surface area (Å²) in [6, 6.07) is 1.82. The van der Waals surface area contributed by atoms with Gasteiger partial charge in [0.1, 0.15) is 11.5 Å². The minimum absolute atomic E-state index is 0.00829. The van der Waals surface area contributed by atoms with Crippen molar-refractivity contribution in [3.8, 4) is 0 Å². The molecule has 96 valence electrons. The van der Waals surface area contributed by atoms with Gasteiger partial charge in [-0.2, -0.15) is 5.10 Å². The molecule has 0 aliphatic carbocycles. The maximum absolute atomic E-state index is 8.24. The molecule has 0 bridgehead atoms. The Kier molecular flexibility index (Phi) is 3.18. The predicted octanol–water partition coefficient (Wildman–Crippen LogP) is 0.835. The van der Waals surface area contributed by atoms with E-state index < -0.39 is 0 Å².